The number of hydrogen-bond acceptors (Lipinski definition) is 3. The molecule has 1 aliphatic carbocycles. The minimum Gasteiger partial charge on any atom is -0.352 e. The van der Waals surface area contributed by atoms with Gasteiger partial charge in [0.25, 0.3) is 0 Å². The van der Waals surface area contributed by atoms with Crippen LogP contribution in [-0.2, 0) is 0 Å². The Morgan fingerprint density at radius 3 is 2.88 bits per heavy atom. The Labute approximate surface area is 111 Å². The fourth-order valence-corrected chi connectivity index (χ4v) is 3.54. The van der Waals surface area contributed by atoms with Crippen molar-refractivity contribution in [3.8, 4) is 0 Å². The highest BCUT2D eigenvalue weighted by Crippen LogP contribution is 2.40. The molecule has 0 N–H and O–H groups in total. The summed E-state index contributed by atoms with van der Waals surface area (Å²) in [6.45, 7) is 1.04. The van der Waals surface area contributed by atoms with E-state index < -0.39 is 0 Å². The average Bonchev–Trinajstić information content (AvgIpc) is 2.76. The van der Waals surface area contributed by atoms with Crippen LogP contribution in [0.5, 0.6) is 0 Å². The highest BCUT2D eigenvalue weighted by atomic mass is 35.5. The molecular formula is C12H15Cl2N3. The molecule has 2 heterocycles. The van der Waals surface area contributed by atoms with Gasteiger partial charge in [-0.1, -0.05) is 24.4 Å². The van der Waals surface area contributed by atoms with Gasteiger partial charge in [0, 0.05) is 12.6 Å². The summed E-state index contributed by atoms with van der Waals surface area (Å²) in [5, 5.41) is 0.893. The van der Waals surface area contributed by atoms with E-state index in [0.717, 1.165) is 18.3 Å². The number of anilines is 1. The summed E-state index contributed by atoms with van der Waals surface area (Å²) >= 11 is 12.0. The molecule has 3 nitrogen and oxygen atoms in total. The second-order valence-electron chi connectivity index (χ2n) is 4.90. The molecule has 2 aliphatic rings. The molecule has 0 spiro atoms. The van der Waals surface area contributed by atoms with Gasteiger partial charge in [-0.05, 0) is 36.8 Å². The van der Waals surface area contributed by atoms with Crippen LogP contribution in [0.25, 0.3) is 0 Å². The highest BCUT2D eigenvalue weighted by Gasteiger charge is 2.37. The third-order valence-corrected chi connectivity index (χ3v) is 4.43. The van der Waals surface area contributed by atoms with Gasteiger partial charge < -0.3 is 4.90 Å². The van der Waals surface area contributed by atoms with E-state index in [2.05, 4.69) is 14.9 Å². The minimum atomic E-state index is 0.281. The molecular weight excluding hydrogens is 257 g/mol. The Morgan fingerprint density at radius 2 is 2.00 bits per heavy atom. The molecule has 1 aromatic heterocycles. The smallest absolute Gasteiger partial charge is 0.224 e. The third-order valence-electron chi connectivity index (χ3n) is 3.98. The van der Waals surface area contributed by atoms with Crippen molar-refractivity contribution in [2.45, 2.75) is 38.1 Å². The first-order valence-corrected chi connectivity index (χ1v) is 6.96. The van der Waals surface area contributed by atoms with E-state index in [1.165, 1.54) is 32.1 Å². The van der Waals surface area contributed by atoms with Crippen molar-refractivity contribution >= 4 is 29.0 Å². The maximum atomic E-state index is 6.18. The zero-order chi connectivity index (χ0) is 11.8. The van der Waals surface area contributed by atoms with E-state index >= 15 is 0 Å². The number of nitrogens with zero attached hydrogens (tertiary/aromatic N) is 3. The maximum absolute atomic E-state index is 6.18. The van der Waals surface area contributed by atoms with Crippen molar-refractivity contribution in [1.82, 2.24) is 9.97 Å². The molecule has 3 rings (SSSR count). The zero-order valence-electron chi connectivity index (χ0n) is 9.57. The van der Waals surface area contributed by atoms with Gasteiger partial charge >= 0.3 is 0 Å². The quantitative estimate of drug-likeness (QED) is 0.732. The van der Waals surface area contributed by atoms with Crippen LogP contribution >= 0.6 is 23.2 Å². The number of rotatable bonds is 1. The van der Waals surface area contributed by atoms with Crippen LogP contribution in [0.15, 0.2) is 6.20 Å². The summed E-state index contributed by atoms with van der Waals surface area (Å²) in [6, 6.07) is 0.604. The lowest BCUT2D eigenvalue weighted by Crippen LogP contribution is -2.35. The monoisotopic (exact) mass is 271 g/mol. The summed E-state index contributed by atoms with van der Waals surface area (Å²) in [5.41, 5.74) is 0. The predicted octanol–water partition coefficient (Wildman–Crippen LogP) is 3.55. The summed E-state index contributed by atoms with van der Waals surface area (Å²) in [5.74, 6) is 1.63. The fourth-order valence-electron chi connectivity index (χ4n) is 3.21. The van der Waals surface area contributed by atoms with E-state index in [9.17, 15) is 0 Å². The van der Waals surface area contributed by atoms with Crippen LogP contribution in [0.2, 0.25) is 10.3 Å². The summed E-state index contributed by atoms with van der Waals surface area (Å²) in [7, 11) is 0. The lowest BCUT2D eigenvalue weighted by atomic mass is 9.85. The standard InChI is InChI=1S/C12H15Cl2N3/c13-9-7-15-12(14)16-11(9)17-6-5-8-3-1-2-4-10(8)17/h7-8,10H,1-6H2. The molecule has 2 unspecified atom stereocenters. The largest absolute Gasteiger partial charge is 0.352 e. The van der Waals surface area contributed by atoms with Gasteiger partial charge in [-0.25, -0.2) is 4.98 Å². The van der Waals surface area contributed by atoms with Crippen LogP contribution in [0.1, 0.15) is 32.1 Å². The third kappa shape index (κ3) is 2.11. The van der Waals surface area contributed by atoms with E-state index in [-0.39, 0.29) is 5.28 Å². The Bertz CT molecular complexity index is 424. The van der Waals surface area contributed by atoms with E-state index in [1.807, 2.05) is 0 Å². The molecule has 0 radical (unpaired) electrons. The van der Waals surface area contributed by atoms with Crippen LogP contribution < -0.4 is 4.90 Å². The minimum absolute atomic E-state index is 0.281. The maximum Gasteiger partial charge on any atom is 0.224 e. The van der Waals surface area contributed by atoms with Gasteiger partial charge in [-0.3, -0.25) is 0 Å². The normalized spacial score (nSPS) is 28.2. The highest BCUT2D eigenvalue weighted by molar-refractivity contribution is 6.33. The molecule has 1 aromatic rings. The summed E-state index contributed by atoms with van der Waals surface area (Å²) in [6.07, 6.45) is 8.13. The molecule has 0 amide bonds. The van der Waals surface area contributed by atoms with Crippen molar-refractivity contribution in [2.24, 2.45) is 5.92 Å². The Kier molecular flexibility index (Phi) is 3.14. The van der Waals surface area contributed by atoms with E-state index in [4.69, 9.17) is 23.2 Å². The molecule has 92 valence electrons. The van der Waals surface area contributed by atoms with Crippen molar-refractivity contribution in [1.29, 1.82) is 0 Å². The molecule has 1 saturated heterocycles. The second kappa shape index (κ2) is 4.62. The molecule has 17 heavy (non-hydrogen) atoms. The van der Waals surface area contributed by atoms with Gasteiger partial charge in [0.1, 0.15) is 5.02 Å². The summed E-state index contributed by atoms with van der Waals surface area (Å²) in [4.78, 5) is 10.5. The molecule has 0 bridgehead atoms. The van der Waals surface area contributed by atoms with Crippen LogP contribution in [-0.4, -0.2) is 22.6 Å². The Hall–Kier alpha value is -0.540. The Morgan fingerprint density at radius 1 is 1.18 bits per heavy atom. The van der Waals surface area contributed by atoms with Crippen LogP contribution in [0, 0.1) is 5.92 Å². The number of fused-ring (bicyclic) bond motifs is 1. The number of hydrogen-bond donors (Lipinski definition) is 0. The van der Waals surface area contributed by atoms with Crippen molar-refractivity contribution in [3.63, 3.8) is 0 Å². The molecule has 5 heteroatoms. The van der Waals surface area contributed by atoms with Crippen molar-refractivity contribution in [2.75, 3.05) is 11.4 Å². The predicted molar refractivity (Wildman–Crippen MR) is 69.8 cm³/mol. The number of aromatic nitrogens is 2. The van der Waals surface area contributed by atoms with Crippen molar-refractivity contribution < 1.29 is 0 Å². The van der Waals surface area contributed by atoms with Gasteiger partial charge in [0.2, 0.25) is 5.28 Å². The first-order chi connectivity index (χ1) is 8.25. The first-order valence-electron chi connectivity index (χ1n) is 6.20. The molecule has 1 saturated carbocycles. The van der Waals surface area contributed by atoms with Crippen LogP contribution in [0.3, 0.4) is 0 Å². The van der Waals surface area contributed by atoms with Gasteiger partial charge in [-0.2, -0.15) is 4.98 Å². The van der Waals surface area contributed by atoms with Gasteiger partial charge in [0.05, 0.1) is 6.20 Å². The van der Waals surface area contributed by atoms with Gasteiger partial charge in [0.15, 0.2) is 5.82 Å². The van der Waals surface area contributed by atoms with Crippen molar-refractivity contribution in [3.05, 3.63) is 16.5 Å². The fraction of sp³-hybridized carbons (Fsp3) is 0.667. The Balaban J connectivity index is 1.91. The van der Waals surface area contributed by atoms with Gasteiger partial charge in [-0.15, -0.1) is 0 Å². The number of halogens is 2. The topological polar surface area (TPSA) is 29.0 Å². The second-order valence-corrected chi connectivity index (χ2v) is 5.65. The molecule has 0 aromatic carbocycles. The first kappa shape index (κ1) is 11.5. The SMILES string of the molecule is Clc1ncc(Cl)c(N2CCC3CCCCC32)n1. The zero-order valence-corrected chi connectivity index (χ0v) is 11.1. The summed E-state index contributed by atoms with van der Waals surface area (Å²) < 4.78 is 0. The van der Waals surface area contributed by atoms with E-state index in [0.29, 0.717) is 11.1 Å². The molecule has 2 fully saturated rings. The lowest BCUT2D eigenvalue weighted by molar-refractivity contribution is 0.341. The average molecular weight is 272 g/mol. The lowest BCUT2D eigenvalue weighted by Gasteiger charge is -2.32. The molecule has 1 aliphatic heterocycles. The van der Waals surface area contributed by atoms with Crippen LogP contribution in [0.4, 0.5) is 5.82 Å². The van der Waals surface area contributed by atoms with E-state index in [1.54, 1.807) is 6.20 Å². The molecule has 2 atom stereocenters.